The minimum absolute atomic E-state index is 0.0706. The summed E-state index contributed by atoms with van der Waals surface area (Å²) in [6.45, 7) is 0.0706. The number of ether oxygens (including phenoxy) is 1. The van der Waals surface area contributed by atoms with E-state index in [0.717, 1.165) is 0 Å². The fraction of sp³-hybridized carbons (Fsp3) is 0.200. The lowest BCUT2D eigenvalue weighted by Gasteiger charge is -2.19. The molecule has 0 bridgehead atoms. The number of anilines is 1. The van der Waals surface area contributed by atoms with E-state index in [2.05, 4.69) is 0 Å². The largest absolute Gasteiger partial charge is 0.495 e. The number of benzene rings is 2. The summed E-state index contributed by atoms with van der Waals surface area (Å²) in [6, 6.07) is 13.2. The quantitative estimate of drug-likeness (QED) is 0.751. The normalized spacial score (nSPS) is 18.5. The highest BCUT2D eigenvalue weighted by atomic mass is 16.7. The first kappa shape index (κ1) is 17.7. The van der Waals surface area contributed by atoms with Gasteiger partial charge in [0, 0.05) is 13.0 Å². The number of hydroxylamine groups is 2. The van der Waals surface area contributed by atoms with Crippen LogP contribution < -0.4 is 9.64 Å². The number of amides is 3. The molecule has 2 aromatic rings. The van der Waals surface area contributed by atoms with E-state index >= 15 is 0 Å². The maximum atomic E-state index is 12.5. The fourth-order valence-corrected chi connectivity index (χ4v) is 3.37. The van der Waals surface area contributed by atoms with Crippen molar-refractivity contribution < 1.29 is 28.8 Å². The van der Waals surface area contributed by atoms with Gasteiger partial charge in [-0.2, -0.15) is 0 Å². The number of para-hydroxylation sites is 2. The van der Waals surface area contributed by atoms with Gasteiger partial charge < -0.3 is 14.5 Å². The van der Waals surface area contributed by atoms with Crippen LogP contribution >= 0.6 is 0 Å². The molecular weight excluding hydrogens is 364 g/mol. The zero-order valence-corrected chi connectivity index (χ0v) is 15.0. The van der Waals surface area contributed by atoms with Gasteiger partial charge in [-0.1, -0.05) is 29.3 Å². The number of carbonyl (C=O) groups is 4. The van der Waals surface area contributed by atoms with Crippen molar-refractivity contribution in [3.05, 3.63) is 59.7 Å². The maximum Gasteiger partial charge on any atom is 0.338 e. The first-order valence-electron chi connectivity index (χ1n) is 8.64. The molecule has 1 fully saturated rings. The molecule has 28 heavy (non-hydrogen) atoms. The second kappa shape index (κ2) is 6.80. The van der Waals surface area contributed by atoms with Gasteiger partial charge >= 0.3 is 5.97 Å². The van der Waals surface area contributed by atoms with Gasteiger partial charge in [0.2, 0.25) is 5.91 Å². The van der Waals surface area contributed by atoms with Gasteiger partial charge in [0.1, 0.15) is 5.75 Å². The smallest absolute Gasteiger partial charge is 0.338 e. The lowest BCUT2D eigenvalue weighted by atomic mass is 10.1. The lowest BCUT2D eigenvalue weighted by Crippen LogP contribution is -2.36. The van der Waals surface area contributed by atoms with Crippen LogP contribution in [0.5, 0.6) is 5.75 Å². The summed E-state index contributed by atoms with van der Waals surface area (Å²) >= 11 is 0. The Morgan fingerprint density at radius 3 is 2.21 bits per heavy atom. The average molecular weight is 380 g/mol. The Balaban J connectivity index is 1.49. The Hall–Kier alpha value is -3.68. The molecule has 3 amide bonds. The van der Waals surface area contributed by atoms with Gasteiger partial charge in [-0.05, 0) is 24.3 Å². The van der Waals surface area contributed by atoms with Crippen molar-refractivity contribution in [3.8, 4) is 5.75 Å². The van der Waals surface area contributed by atoms with E-state index in [1.165, 1.54) is 24.1 Å². The van der Waals surface area contributed by atoms with Crippen LogP contribution in [0.15, 0.2) is 48.5 Å². The molecule has 2 aromatic carbocycles. The fourth-order valence-electron chi connectivity index (χ4n) is 3.37. The van der Waals surface area contributed by atoms with Crippen molar-refractivity contribution in [2.24, 2.45) is 5.92 Å². The molecule has 2 aliphatic rings. The standard InChI is InChI=1S/C20H16N2O6/c1-27-16-9-5-4-8-15(16)21-11-12(10-17(21)23)20(26)28-22-18(24)13-6-2-3-7-14(13)19(22)25/h2-9,12H,10-11H2,1H3. The van der Waals surface area contributed by atoms with Crippen molar-refractivity contribution >= 4 is 29.4 Å². The Bertz CT molecular complexity index is 967. The highest BCUT2D eigenvalue weighted by Crippen LogP contribution is 2.33. The number of methoxy groups -OCH3 is 1. The Morgan fingerprint density at radius 2 is 1.57 bits per heavy atom. The molecule has 1 atom stereocenters. The Morgan fingerprint density at radius 1 is 0.964 bits per heavy atom. The molecular formula is C20H16N2O6. The molecule has 0 saturated carbocycles. The zero-order chi connectivity index (χ0) is 19.8. The van der Waals surface area contributed by atoms with Gasteiger partial charge in [-0.15, -0.1) is 0 Å². The third kappa shape index (κ3) is 2.79. The molecule has 8 heteroatoms. The molecule has 142 valence electrons. The molecule has 0 N–H and O–H groups in total. The molecule has 4 rings (SSSR count). The monoisotopic (exact) mass is 380 g/mol. The van der Waals surface area contributed by atoms with E-state index in [0.29, 0.717) is 16.5 Å². The van der Waals surface area contributed by atoms with Crippen molar-refractivity contribution in [2.45, 2.75) is 6.42 Å². The van der Waals surface area contributed by atoms with Gasteiger partial charge in [0.15, 0.2) is 0 Å². The number of carbonyl (C=O) groups excluding carboxylic acids is 4. The van der Waals surface area contributed by atoms with E-state index in [1.54, 1.807) is 36.4 Å². The van der Waals surface area contributed by atoms with Gasteiger partial charge in [-0.25, -0.2) is 4.79 Å². The minimum Gasteiger partial charge on any atom is -0.495 e. The second-order valence-electron chi connectivity index (χ2n) is 6.44. The van der Waals surface area contributed by atoms with Crippen LogP contribution in [0.2, 0.25) is 0 Å². The summed E-state index contributed by atoms with van der Waals surface area (Å²) in [5, 5.41) is 0.462. The number of fused-ring (bicyclic) bond motifs is 1. The maximum absolute atomic E-state index is 12.5. The molecule has 2 aliphatic heterocycles. The SMILES string of the molecule is COc1ccccc1N1CC(C(=O)ON2C(=O)c3ccccc3C2=O)CC1=O. The van der Waals surface area contributed by atoms with E-state index in [1.807, 2.05) is 0 Å². The zero-order valence-electron chi connectivity index (χ0n) is 15.0. The molecule has 0 spiro atoms. The van der Waals surface area contributed by atoms with Gasteiger partial charge in [0.05, 0.1) is 29.8 Å². The minimum atomic E-state index is -0.805. The summed E-state index contributed by atoms with van der Waals surface area (Å²) in [7, 11) is 1.49. The van der Waals surface area contributed by atoms with Gasteiger partial charge in [-0.3, -0.25) is 14.4 Å². The molecule has 2 heterocycles. The van der Waals surface area contributed by atoms with Crippen LogP contribution in [0.1, 0.15) is 27.1 Å². The number of rotatable bonds is 4. The first-order chi connectivity index (χ1) is 13.5. The molecule has 8 nitrogen and oxygen atoms in total. The predicted molar refractivity (Wildman–Crippen MR) is 96.5 cm³/mol. The Kier molecular flexibility index (Phi) is 4.31. The number of nitrogens with zero attached hydrogens (tertiary/aromatic N) is 2. The summed E-state index contributed by atoms with van der Waals surface area (Å²) < 4.78 is 5.27. The lowest BCUT2D eigenvalue weighted by molar-refractivity contribution is -0.173. The van der Waals surface area contributed by atoms with Crippen LogP contribution in [-0.4, -0.2) is 42.4 Å². The van der Waals surface area contributed by atoms with Crippen molar-refractivity contribution in [2.75, 3.05) is 18.6 Å². The summed E-state index contributed by atoms with van der Waals surface area (Å²) in [5.41, 5.74) is 0.905. The highest BCUT2D eigenvalue weighted by Gasteiger charge is 2.43. The van der Waals surface area contributed by atoms with Crippen molar-refractivity contribution in [3.63, 3.8) is 0 Å². The molecule has 0 radical (unpaired) electrons. The summed E-state index contributed by atoms with van der Waals surface area (Å²) in [4.78, 5) is 56.1. The predicted octanol–water partition coefficient (Wildman–Crippen LogP) is 1.80. The first-order valence-corrected chi connectivity index (χ1v) is 8.64. The molecule has 1 saturated heterocycles. The molecule has 0 aromatic heterocycles. The van der Waals surface area contributed by atoms with Crippen LogP contribution in [0, 0.1) is 5.92 Å². The average Bonchev–Trinajstić information content (AvgIpc) is 3.22. The van der Waals surface area contributed by atoms with E-state index in [9.17, 15) is 19.2 Å². The van der Waals surface area contributed by atoms with E-state index < -0.39 is 23.7 Å². The number of hydrogen-bond donors (Lipinski definition) is 0. The summed E-state index contributed by atoms with van der Waals surface area (Å²) in [5.74, 6) is -2.76. The Labute approximate surface area is 160 Å². The molecule has 0 aliphatic carbocycles. The van der Waals surface area contributed by atoms with E-state index in [4.69, 9.17) is 9.57 Å². The van der Waals surface area contributed by atoms with Gasteiger partial charge in [0.25, 0.3) is 11.8 Å². The highest BCUT2D eigenvalue weighted by molar-refractivity contribution is 6.21. The third-order valence-corrected chi connectivity index (χ3v) is 4.77. The van der Waals surface area contributed by atoms with Crippen LogP contribution in [0.3, 0.4) is 0 Å². The van der Waals surface area contributed by atoms with E-state index in [-0.39, 0.29) is 30.0 Å². The van der Waals surface area contributed by atoms with Crippen LogP contribution in [0.4, 0.5) is 5.69 Å². The second-order valence-corrected chi connectivity index (χ2v) is 6.44. The third-order valence-electron chi connectivity index (χ3n) is 4.77. The van der Waals surface area contributed by atoms with Crippen molar-refractivity contribution in [1.29, 1.82) is 0 Å². The summed E-state index contributed by atoms with van der Waals surface area (Å²) in [6.07, 6.45) is -0.0833. The van der Waals surface area contributed by atoms with Crippen LogP contribution in [0.25, 0.3) is 0 Å². The van der Waals surface area contributed by atoms with Crippen LogP contribution in [-0.2, 0) is 14.4 Å². The number of hydrogen-bond acceptors (Lipinski definition) is 6. The molecule has 1 unspecified atom stereocenters. The number of imide groups is 1. The van der Waals surface area contributed by atoms with Crippen molar-refractivity contribution in [1.82, 2.24) is 5.06 Å². The topological polar surface area (TPSA) is 93.2 Å².